The molecule has 0 aliphatic heterocycles. The van der Waals surface area contributed by atoms with Crippen LogP contribution in [0.2, 0.25) is 0 Å². The lowest BCUT2D eigenvalue weighted by molar-refractivity contribution is -0.134. The first-order valence-electron chi connectivity index (χ1n) is 6.86. The first kappa shape index (κ1) is 17.4. The summed E-state index contributed by atoms with van der Waals surface area (Å²) in [7, 11) is 8.17. The molecule has 0 aliphatic rings. The lowest BCUT2D eigenvalue weighted by Gasteiger charge is -2.30. The maximum atomic E-state index is 12.3. The number of amides is 1. The van der Waals surface area contributed by atoms with E-state index in [1.807, 2.05) is 19.0 Å². The van der Waals surface area contributed by atoms with Gasteiger partial charge in [-0.2, -0.15) is 0 Å². The predicted molar refractivity (Wildman–Crippen MR) is 77.8 cm³/mol. The van der Waals surface area contributed by atoms with Crippen molar-refractivity contribution in [3.05, 3.63) is 0 Å². The van der Waals surface area contributed by atoms with Crippen molar-refractivity contribution < 1.29 is 4.79 Å². The standard InChI is InChI=1S/C14H31N3O/c1-12(2)17(10-8-9-15(4)5)14(18)11-13(3)16(6)7/h12-13H,8-11H2,1-7H3. The van der Waals surface area contributed by atoms with Gasteiger partial charge in [-0.3, -0.25) is 4.79 Å². The Bertz CT molecular complexity index is 239. The number of rotatable bonds is 8. The molecule has 0 aromatic carbocycles. The fraction of sp³-hybridized carbons (Fsp3) is 0.929. The van der Waals surface area contributed by atoms with E-state index in [0.29, 0.717) is 12.5 Å². The highest BCUT2D eigenvalue weighted by molar-refractivity contribution is 5.77. The zero-order chi connectivity index (χ0) is 14.3. The maximum absolute atomic E-state index is 12.3. The fourth-order valence-electron chi connectivity index (χ4n) is 1.78. The number of hydrogen-bond donors (Lipinski definition) is 0. The zero-order valence-electron chi connectivity index (χ0n) is 13.2. The van der Waals surface area contributed by atoms with Crippen molar-refractivity contribution in [3.8, 4) is 0 Å². The molecule has 0 heterocycles. The van der Waals surface area contributed by atoms with Crippen LogP contribution in [0, 0.1) is 0 Å². The van der Waals surface area contributed by atoms with Crippen molar-refractivity contribution in [2.45, 2.75) is 45.7 Å². The second-order valence-corrected chi connectivity index (χ2v) is 5.85. The summed E-state index contributed by atoms with van der Waals surface area (Å²) < 4.78 is 0. The Labute approximate surface area is 113 Å². The fourth-order valence-corrected chi connectivity index (χ4v) is 1.78. The summed E-state index contributed by atoms with van der Waals surface area (Å²) in [6, 6.07) is 0.585. The Kier molecular flexibility index (Phi) is 8.20. The largest absolute Gasteiger partial charge is 0.340 e. The Morgan fingerprint density at radius 3 is 1.94 bits per heavy atom. The lowest BCUT2D eigenvalue weighted by Crippen LogP contribution is -2.41. The maximum Gasteiger partial charge on any atom is 0.224 e. The van der Waals surface area contributed by atoms with Crippen LogP contribution in [-0.2, 0) is 4.79 Å². The van der Waals surface area contributed by atoms with Crippen molar-refractivity contribution in [1.29, 1.82) is 0 Å². The average molecular weight is 257 g/mol. The van der Waals surface area contributed by atoms with Gasteiger partial charge < -0.3 is 14.7 Å². The van der Waals surface area contributed by atoms with E-state index in [4.69, 9.17) is 0 Å². The number of carbonyl (C=O) groups is 1. The number of carbonyl (C=O) groups excluding carboxylic acids is 1. The molecule has 1 amide bonds. The molecule has 4 nitrogen and oxygen atoms in total. The molecule has 0 rings (SSSR count). The van der Waals surface area contributed by atoms with E-state index in [9.17, 15) is 4.79 Å². The Morgan fingerprint density at radius 1 is 1.00 bits per heavy atom. The van der Waals surface area contributed by atoms with Gasteiger partial charge in [0, 0.05) is 25.0 Å². The van der Waals surface area contributed by atoms with Gasteiger partial charge in [0.25, 0.3) is 0 Å². The van der Waals surface area contributed by atoms with Crippen LogP contribution >= 0.6 is 0 Å². The summed E-state index contributed by atoms with van der Waals surface area (Å²) in [4.78, 5) is 18.5. The molecule has 0 saturated heterocycles. The highest BCUT2D eigenvalue weighted by atomic mass is 16.2. The molecular formula is C14H31N3O. The summed E-state index contributed by atoms with van der Waals surface area (Å²) in [5.41, 5.74) is 0. The summed E-state index contributed by atoms with van der Waals surface area (Å²) in [6.07, 6.45) is 1.64. The van der Waals surface area contributed by atoms with E-state index in [-0.39, 0.29) is 11.9 Å². The van der Waals surface area contributed by atoms with Crippen LogP contribution in [0.3, 0.4) is 0 Å². The van der Waals surface area contributed by atoms with Crippen LogP contribution < -0.4 is 0 Å². The molecule has 0 aromatic heterocycles. The Hall–Kier alpha value is -0.610. The van der Waals surface area contributed by atoms with Gasteiger partial charge in [-0.1, -0.05) is 0 Å². The van der Waals surface area contributed by atoms with Gasteiger partial charge in [-0.15, -0.1) is 0 Å². The van der Waals surface area contributed by atoms with Gasteiger partial charge in [0.05, 0.1) is 0 Å². The molecule has 0 spiro atoms. The van der Waals surface area contributed by atoms with Crippen LogP contribution in [-0.4, -0.2) is 74.0 Å². The summed E-state index contributed by atoms with van der Waals surface area (Å²) in [5, 5.41) is 0. The molecule has 4 heteroatoms. The van der Waals surface area contributed by atoms with E-state index < -0.39 is 0 Å². The summed E-state index contributed by atoms with van der Waals surface area (Å²) in [5.74, 6) is 0.268. The molecular weight excluding hydrogens is 226 g/mol. The average Bonchev–Trinajstić information content (AvgIpc) is 2.22. The van der Waals surface area contributed by atoms with E-state index in [0.717, 1.165) is 19.5 Å². The Morgan fingerprint density at radius 2 is 1.56 bits per heavy atom. The molecule has 1 atom stereocenters. The van der Waals surface area contributed by atoms with Crippen LogP contribution in [0.15, 0.2) is 0 Å². The minimum atomic E-state index is 0.268. The minimum Gasteiger partial charge on any atom is -0.340 e. The van der Waals surface area contributed by atoms with Gasteiger partial charge in [0.2, 0.25) is 5.91 Å². The molecule has 0 aliphatic carbocycles. The van der Waals surface area contributed by atoms with Crippen LogP contribution in [0.5, 0.6) is 0 Å². The third kappa shape index (κ3) is 6.97. The smallest absolute Gasteiger partial charge is 0.224 e. The first-order valence-corrected chi connectivity index (χ1v) is 6.86. The first-order chi connectivity index (χ1) is 8.25. The van der Waals surface area contributed by atoms with Crippen LogP contribution in [0.25, 0.3) is 0 Å². The SMILES string of the molecule is CC(CC(=O)N(CCCN(C)C)C(C)C)N(C)C. The Balaban J connectivity index is 4.28. The normalized spacial score (nSPS) is 13.4. The molecule has 0 bridgehead atoms. The lowest BCUT2D eigenvalue weighted by atomic mass is 10.1. The summed E-state index contributed by atoms with van der Waals surface area (Å²) >= 11 is 0. The number of nitrogens with zero attached hydrogens (tertiary/aromatic N) is 3. The predicted octanol–water partition coefficient (Wildman–Crippen LogP) is 1.52. The molecule has 1 unspecified atom stereocenters. The minimum absolute atomic E-state index is 0.268. The van der Waals surface area contributed by atoms with Gasteiger partial charge in [-0.25, -0.2) is 0 Å². The second kappa shape index (κ2) is 8.48. The van der Waals surface area contributed by atoms with Crippen molar-refractivity contribution in [3.63, 3.8) is 0 Å². The monoisotopic (exact) mass is 257 g/mol. The van der Waals surface area contributed by atoms with Crippen molar-refractivity contribution >= 4 is 5.91 Å². The quantitative estimate of drug-likeness (QED) is 0.659. The third-order valence-corrected chi connectivity index (χ3v) is 3.30. The van der Waals surface area contributed by atoms with Crippen molar-refractivity contribution in [1.82, 2.24) is 14.7 Å². The third-order valence-electron chi connectivity index (χ3n) is 3.30. The molecule has 108 valence electrons. The highest BCUT2D eigenvalue weighted by Crippen LogP contribution is 2.07. The van der Waals surface area contributed by atoms with Crippen molar-refractivity contribution in [2.24, 2.45) is 0 Å². The topological polar surface area (TPSA) is 26.8 Å². The molecule has 0 fully saturated rings. The molecule has 0 radical (unpaired) electrons. The van der Waals surface area contributed by atoms with Gasteiger partial charge in [-0.05, 0) is 61.9 Å². The molecule has 0 saturated carbocycles. The zero-order valence-corrected chi connectivity index (χ0v) is 13.2. The van der Waals surface area contributed by atoms with Crippen LogP contribution in [0.4, 0.5) is 0 Å². The highest BCUT2D eigenvalue weighted by Gasteiger charge is 2.19. The van der Waals surface area contributed by atoms with Gasteiger partial charge in [0.15, 0.2) is 0 Å². The van der Waals surface area contributed by atoms with E-state index in [1.54, 1.807) is 0 Å². The van der Waals surface area contributed by atoms with Gasteiger partial charge in [0.1, 0.15) is 0 Å². The van der Waals surface area contributed by atoms with E-state index >= 15 is 0 Å². The van der Waals surface area contributed by atoms with Gasteiger partial charge >= 0.3 is 0 Å². The molecule has 0 N–H and O–H groups in total. The second-order valence-electron chi connectivity index (χ2n) is 5.85. The summed E-state index contributed by atoms with van der Waals surface area (Å²) in [6.45, 7) is 8.16. The molecule has 0 aromatic rings. The molecule has 18 heavy (non-hydrogen) atoms. The van der Waals surface area contributed by atoms with Crippen molar-refractivity contribution in [2.75, 3.05) is 41.3 Å². The van der Waals surface area contributed by atoms with E-state index in [1.165, 1.54) is 0 Å². The number of hydrogen-bond acceptors (Lipinski definition) is 3. The van der Waals surface area contributed by atoms with Crippen LogP contribution in [0.1, 0.15) is 33.6 Å². The van der Waals surface area contributed by atoms with E-state index in [2.05, 4.69) is 44.7 Å².